The van der Waals surface area contributed by atoms with Crippen molar-refractivity contribution in [2.24, 2.45) is 5.92 Å². The van der Waals surface area contributed by atoms with E-state index >= 15 is 0 Å². The van der Waals surface area contributed by atoms with Gasteiger partial charge in [0.15, 0.2) is 0 Å². The van der Waals surface area contributed by atoms with Crippen LogP contribution >= 0.6 is 0 Å². The standard InChI is InChI=1S/C24H44O4.2Na/c1-2-3-4-5-6-7-8-9-10-11-12-13-14-15-16-17-18-19-20-22(24(27)28)21-23(25)26;;/h11-12,22H,2-10,13-21H2,1H3,(H,25,26)(H,27,28);;/q;2*+1/p-2/b12-11+;;. The molecule has 0 spiro atoms. The van der Waals surface area contributed by atoms with Gasteiger partial charge in [-0.3, -0.25) is 0 Å². The Morgan fingerprint density at radius 2 is 1.07 bits per heavy atom. The molecule has 0 radical (unpaired) electrons. The summed E-state index contributed by atoms with van der Waals surface area (Å²) in [5.41, 5.74) is 0. The Morgan fingerprint density at radius 3 is 1.47 bits per heavy atom. The number of hydrogen-bond acceptors (Lipinski definition) is 4. The summed E-state index contributed by atoms with van der Waals surface area (Å²) in [5.74, 6) is -3.50. The van der Waals surface area contributed by atoms with Crippen molar-refractivity contribution in [2.75, 3.05) is 0 Å². The summed E-state index contributed by atoms with van der Waals surface area (Å²) < 4.78 is 0. The third kappa shape index (κ3) is 26.7. The van der Waals surface area contributed by atoms with Crippen LogP contribution in [0.5, 0.6) is 0 Å². The van der Waals surface area contributed by atoms with E-state index < -0.39 is 24.3 Å². The van der Waals surface area contributed by atoms with Gasteiger partial charge in [-0.15, -0.1) is 0 Å². The number of hydrogen-bond donors (Lipinski definition) is 0. The Hall–Kier alpha value is 0.680. The Bertz CT molecular complexity index is 414. The topological polar surface area (TPSA) is 80.3 Å². The van der Waals surface area contributed by atoms with Crippen LogP contribution in [0, 0.1) is 5.92 Å². The molecule has 0 heterocycles. The molecular weight excluding hydrogens is 398 g/mol. The van der Waals surface area contributed by atoms with Gasteiger partial charge in [-0.05, 0) is 38.5 Å². The van der Waals surface area contributed by atoms with Crippen LogP contribution in [0.15, 0.2) is 12.2 Å². The molecule has 1 unspecified atom stereocenters. The molecule has 0 N–H and O–H groups in total. The molecule has 0 aliphatic heterocycles. The SMILES string of the molecule is CCCCCCCCCC/C=C/CCCCCCCCC(CC(=O)[O-])C(=O)[O-].[Na+].[Na+]. The molecule has 0 aromatic rings. The van der Waals surface area contributed by atoms with Crippen molar-refractivity contribution in [3.05, 3.63) is 12.2 Å². The van der Waals surface area contributed by atoms with E-state index in [0.29, 0.717) is 6.42 Å². The van der Waals surface area contributed by atoms with Gasteiger partial charge < -0.3 is 19.8 Å². The van der Waals surface area contributed by atoms with Crippen LogP contribution in [0.2, 0.25) is 0 Å². The zero-order valence-electron chi connectivity index (χ0n) is 20.1. The van der Waals surface area contributed by atoms with Crippen molar-refractivity contribution in [2.45, 2.75) is 122 Å². The van der Waals surface area contributed by atoms with E-state index in [1.54, 1.807) is 0 Å². The van der Waals surface area contributed by atoms with Crippen molar-refractivity contribution in [3.8, 4) is 0 Å². The molecule has 164 valence electrons. The van der Waals surface area contributed by atoms with Crippen molar-refractivity contribution in [1.29, 1.82) is 0 Å². The molecule has 0 saturated heterocycles. The van der Waals surface area contributed by atoms with Crippen molar-refractivity contribution >= 4 is 11.9 Å². The maximum atomic E-state index is 10.8. The number of carbonyl (C=O) groups is 2. The molecule has 0 rings (SSSR count). The molecule has 30 heavy (non-hydrogen) atoms. The summed E-state index contributed by atoms with van der Waals surface area (Å²) in [7, 11) is 0. The van der Waals surface area contributed by atoms with Crippen LogP contribution in [0.1, 0.15) is 122 Å². The molecule has 0 aromatic carbocycles. The number of carbonyl (C=O) groups excluding carboxylic acids is 2. The van der Waals surface area contributed by atoms with Gasteiger partial charge in [-0.25, -0.2) is 0 Å². The van der Waals surface area contributed by atoms with E-state index in [-0.39, 0.29) is 59.1 Å². The number of unbranched alkanes of at least 4 members (excludes halogenated alkanes) is 14. The Labute approximate surface area is 229 Å². The first-order valence-electron chi connectivity index (χ1n) is 11.6. The minimum absolute atomic E-state index is 0. The smallest absolute Gasteiger partial charge is 0.550 e. The van der Waals surface area contributed by atoms with E-state index in [1.165, 1.54) is 70.6 Å². The van der Waals surface area contributed by atoms with Gasteiger partial charge in [0.05, 0.1) is 0 Å². The van der Waals surface area contributed by atoms with E-state index in [2.05, 4.69) is 19.1 Å². The van der Waals surface area contributed by atoms with Crippen LogP contribution in [0.4, 0.5) is 0 Å². The van der Waals surface area contributed by atoms with Gasteiger partial charge >= 0.3 is 59.1 Å². The molecule has 0 aromatic heterocycles. The van der Waals surface area contributed by atoms with E-state index in [4.69, 9.17) is 0 Å². The summed E-state index contributed by atoms with van der Waals surface area (Å²) in [6, 6.07) is 0. The first kappa shape index (κ1) is 35.3. The maximum Gasteiger partial charge on any atom is 1.00 e. The Kier molecular flexibility index (Phi) is 32.6. The largest absolute Gasteiger partial charge is 1.00 e. The van der Waals surface area contributed by atoms with Gasteiger partial charge in [0.2, 0.25) is 0 Å². The summed E-state index contributed by atoms with van der Waals surface area (Å²) in [4.78, 5) is 21.3. The minimum Gasteiger partial charge on any atom is -0.550 e. The number of carboxylic acid groups (broad SMARTS) is 2. The predicted octanol–water partition coefficient (Wildman–Crippen LogP) is -1.29. The van der Waals surface area contributed by atoms with Gasteiger partial charge in [0.25, 0.3) is 0 Å². The number of carboxylic acids is 2. The summed E-state index contributed by atoms with van der Waals surface area (Å²) in [6.45, 7) is 2.26. The fraction of sp³-hybridized carbons (Fsp3) is 0.833. The summed E-state index contributed by atoms with van der Waals surface area (Å²) in [5, 5.41) is 21.3. The van der Waals surface area contributed by atoms with Crippen LogP contribution < -0.4 is 69.3 Å². The van der Waals surface area contributed by atoms with Gasteiger partial charge in [0, 0.05) is 17.9 Å². The number of aliphatic carboxylic acids is 2. The van der Waals surface area contributed by atoms with Crippen LogP contribution in [0.25, 0.3) is 0 Å². The van der Waals surface area contributed by atoms with Crippen LogP contribution in [-0.2, 0) is 9.59 Å². The second-order valence-corrected chi connectivity index (χ2v) is 8.03. The molecule has 0 aliphatic rings. The van der Waals surface area contributed by atoms with Crippen LogP contribution in [-0.4, -0.2) is 11.9 Å². The second kappa shape index (κ2) is 27.7. The molecule has 0 fully saturated rings. The maximum absolute atomic E-state index is 10.8. The molecule has 0 aliphatic carbocycles. The normalized spacial score (nSPS) is 11.6. The quantitative estimate of drug-likeness (QED) is 0.126. The van der Waals surface area contributed by atoms with E-state index in [9.17, 15) is 19.8 Å². The first-order chi connectivity index (χ1) is 13.6. The fourth-order valence-corrected chi connectivity index (χ4v) is 3.50. The monoisotopic (exact) mass is 440 g/mol. The molecule has 0 bridgehead atoms. The van der Waals surface area contributed by atoms with Crippen molar-refractivity contribution in [1.82, 2.24) is 0 Å². The van der Waals surface area contributed by atoms with Gasteiger partial charge in [0.1, 0.15) is 0 Å². The average molecular weight is 441 g/mol. The molecule has 0 amide bonds. The Morgan fingerprint density at radius 1 is 0.667 bits per heavy atom. The zero-order valence-corrected chi connectivity index (χ0v) is 24.1. The second-order valence-electron chi connectivity index (χ2n) is 8.03. The summed E-state index contributed by atoms with van der Waals surface area (Å²) >= 11 is 0. The zero-order chi connectivity index (χ0) is 20.9. The molecule has 1 atom stereocenters. The van der Waals surface area contributed by atoms with E-state index in [1.807, 2.05) is 0 Å². The molecule has 0 saturated carbocycles. The Balaban J connectivity index is -0.00000364. The molecule has 6 heteroatoms. The number of rotatable bonds is 21. The predicted molar refractivity (Wildman–Crippen MR) is 111 cm³/mol. The van der Waals surface area contributed by atoms with Crippen molar-refractivity contribution < 1.29 is 78.9 Å². The van der Waals surface area contributed by atoms with Crippen molar-refractivity contribution in [3.63, 3.8) is 0 Å². The summed E-state index contributed by atoms with van der Waals surface area (Å²) in [6.07, 6.45) is 24.2. The van der Waals surface area contributed by atoms with Gasteiger partial charge in [-0.2, -0.15) is 0 Å². The van der Waals surface area contributed by atoms with Gasteiger partial charge in [-0.1, -0.05) is 96.1 Å². The minimum atomic E-state index is -1.32. The van der Waals surface area contributed by atoms with E-state index in [0.717, 1.165) is 32.1 Å². The first-order valence-corrected chi connectivity index (χ1v) is 11.6. The fourth-order valence-electron chi connectivity index (χ4n) is 3.50. The third-order valence-corrected chi connectivity index (χ3v) is 5.31. The average Bonchev–Trinajstić information content (AvgIpc) is 2.65. The third-order valence-electron chi connectivity index (χ3n) is 5.31. The molecule has 4 nitrogen and oxygen atoms in total. The number of allylic oxidation sites excluding steroid dienone is 2. The van der Waals surface area contributed by atoms with Crippen LogP contribution in [0.3, 0.4) is 0 Å². The molecular formula is C24H42Na2O4.